The first-order valence-corrected chi connectivity index (χ1v) is 5.01. The Labute approximate surface area is 97.7 Å². The van der Waals surface area contributed by atoms with E-state index in [1.54, 1.807) is 13.2 Å². The second-order valence-electron chi connectivity index (χ2n) is 3.20. The highest BCUT2D eigenvalue weighted by molar-refractivity contribution is 6.34. The highest BCUT2D eigenvalue weighted by Crippen LogP contribution is 2.35. The average molecular weight is 236 g/mol. The van der Waals surface area contributed by atoms with Crippen molar-refractivity contribution in [3.05, 3.63) is 35.4 Å². The van der Waals surface area contributed by atoms with E-state index >= 15 is 0 Å². The molecule has 2 rings (SSSR count). The number of nitrogens with zero attached hydrogens (tertiary/aromatic N) is 2. The largest absolute Gasteiger partial charge is 0.497 e. The van der Waals surface area contributed by atoms with E-state index in [1.165, 1.54) is 0 Å². The molecule has 2 N–H and O–H groups in total. The number of rotatable bonds is 2. The highest BCUT2D eigenvalue weighted by atomic mass is 35.5. The highest BCUT2D eigenvalue weighted by Gasteiger charge is 2.06. The van der Waals surface area contributed by atoms with Gasteiger partial charge in [0.25, 0.3) is 0 Å². The molecule has 16 heavy (non-hydrogen) atoms. The Balaban J connectivity index is 2.77. The standard InChI is InChI=1S/C11H10ClN3O/c1-16-8-4-2-7-3-5-10(12)11(14-15-13)9(7)6-8/h2-6H,1H3,(H2,13,14). The molecule has 0 bridgehead atoms. The van der Waals surface area contributed by atoms with Gasteiger partial charge in [0.1, 0.15) is 11.4 Å². The summed E-state index contributed by atoms with van der Waals surface area (Å²) >= 11 is 6.03. The number of hydrogen-bond acceptors (Lipinski definition) is 3. The molecule has 0 amide bonds. The first-order valence-electron chi connectivity index (χ1n) is 4.63. The lowest BCUT2D eigenvalue weighted by molar-refractivity contribution is 0.415. The molecule has 0 aromatic heterocycles. The van der Waals surface area contributed by atoms with E-state index in [2.05, 4.69) is 10.3 Å². The van der Waals surface area contributed by atoms with E-state index in [4.69, 9.17) is 22.2 Å². The minimum Gasteiger partial charge on any atom is -0.497 e. The Morgan fingerprint density at radius 3 is 2.69 bits per heavy atom. The predicted octanol–water partition coefficient (Wildman–Crippen LogP) is 3.46. The van der Waals surface area contributed by atoms with Crippen LogP contribution in [-0.2, 0) is 0 Å². The summed E-state index contributed by atoms with van der Waals surface area (Å²) in [7, 11) is 1.61. The molecule has 0 spiro atoms. The molecule has 0 heterocycles. The topological polar surface area (TPSA) is 60.0 Å². The second kappa shape index (κ2) is 4.37. The molecule has 4 nitrogen and oxygen atoms in total. The fraction of sp³-hybridized carbons (Fsp3) is 0.0909. The van der Waals surface area contributed by atoms with Crippen molar-refractivity contribution in [1.29, 1.82) is 0 Å². The van der Waals surface area contributed by atoms with Crippen molar-refractivity contribution in [2.45, 2.75) is 0 Å². The van der Waals surface area contributed by atoms with Gasteiger partial charge in [-0.15, -0.1) is 5.11 Å². The predicted molar refractivity (Wildman–Crippen MR) is 64.2 cm³/mol. The Morgan fingerprint density at radius 2 is 2.00 bits per heavy atom. The molecule has 2 aromatic rings. The van der Waals surface area contributed by atoms with E-state index in [0.29, 0.717) is 10.7 Å². The number of fused-ring (bicyclic) bond motifs is 1. The lowest BCUT2D eigenvalue weighted by Crippen LogP contribution is -1.83. The lowest BCUT2D eigenvalue weighted by Gasteiger charge is -2.05. The second-order valence-corrected chi connectivity index (χ2v) is 3.61. The van der Waals surface area contributed by atoms with Gasteiger partial charge in [0.05, 0.1) is 12.1 Å². The molecule has 2 aromatic carbocycles. The number of halogens is 1. The Morgan fingerprint density at radius 1 is 1.25 bits per heavy atom. The van der Waals surface area contributed by atoms with Crippen molar-refractivity contribution in [1.82, 2.24) is 0 Å². The van der Waals surface area contributed by atoms with Gasteiger partial charge >= 0.3 is 0 Å². The minimum atomic E-state index is 0.509. The van der Waals surface area contributed by atoms with Gasteiger partial charge in [-0.2, -0.15) is 0 Å². The van der Waals surface area contributed by atoms with Gasteiger partial charge in [-0.25, -0.2) is 0 Å². The van der Waals surface area contributed by atoms with Crippen molar-refractivity contribution < 1.29 is 4.74 Å². The van der Waals surface area contributed by atoms with Crippen LogP contribution in [0.4, 0.5) is 5.69 Å². The normalized spacial score (nSPS) is 11.1. The fourth-order valence-electron chi connectivity index (χ4n) is 1.54. The van der Waals surface area contributed by atoms with E-state index < -0.39 is 0 Å². The number of nitrogens with two attached hydrogens (primary N) is 1. The van der Waals surface area contributed by atoms with Gasteiger partial charge in [0.15, 0.2) is 0 Å². The molecule has 0 aliphatic heterocycles. The van der Waals surface area contributed by atoms with Crippen LogP contribution in [0.1, 0.15) is 0 Å². The molecule has 0 radical (unpaired) electrons. The average Bonchev–Trinajstić information content (AvgIpc) is 2.32. The van der Waals surface area contributed by atoms with Crippen molar-refractivity contribution in [3.8, 4) is 5.75 Å². The number of ether oxygens (including phenoxy) is 1. The molecular weight excluding hydrogens is 226 g/mol. The summed E-state index contributed by atoms with van der Waals surface area (Å²) in [5, 5.41) is 9.48. The zero-order chi connectivity index (χ0) is 11.5. The number of hydrogen-bond donors (Lipinski definition) is 1. The van der Waals surface area contributed by atoms with Crippen molar-refractivity contribution in [2.24, 2.45) is 16.2 Å². The van der Waals surface area contributed by atoms with E-state index in [0.717, 1.165) is 16.5 Å². The molecular formula is C11H10ClN3O. The van der Waals surface area contributed by atoms with Crippen LogP contribution in [0.5, 0.6) is 5.75 Å². The van der Waals surface area contributed by atoms with Crippen LogP contribution in [0.3, 0.4) is 0 Å². The molecule has 0 fully saturated rings. The summed E-state index contributed by atoms with van der Waals surface area (Å²) < 4.78 is 5.15. The minimum absolute atomic E-state index is 0.509. The third-order valence-electron chi connectivity index (χ3n) is 2.31. The zero-order valence-corrected chi connectivity index (χ0v) is 9.40. The Kier molecular flexibility index (Phi) is 2.92. The first kappa shape index (κ1) is 10.7. The summed E-state index contributed by atoms with van der Waals surface area (Å²) in [4.78, 5) is 0. The van der Waals surface area contributed by atoms with Crippen LogP contribution in [0.15, 0.2) is 40.7 Å². The van der Waals surface area contributed by atoms with E-state index in [9.17, 15) is 0 Å². The van der Waals surface area contributed by atoms with Gasteiger partial charge in [-0.05, 0) is 23.6 Å². The maximum Gasteiger partial charge on any atom is 0.119 e. The maximum absolute atomic E-state index is 6.03. The Bertz CT molecular complexity index is 554. The maximum atomic E-state index is 6.03. The fourth-order valence-corrected chi connectivity index (χ4v) is 1.75. The van der Waals surface area contributed by atoms with Gasteiger partial charge in [0, 0.05) is 5.39 Å². The SMILES string of the molecule is COc1ccc2ccc(Cl)c(N=NN)c2c1. The number of methoxy groups -OCH3 is 1. The summed E-state index contributed by atoms with van der Waals surface area (Å²) in [5.41, 5.74) is 0.556. The molecule has 0 saturated carbocycles. The summed E-state index contributed by atoms with van der Waals surface area (Å²) in [6, 6.07) is 9.33. The molecule has 0 aliphatic rings. The van der Waals surface area contributed by atoms with Gasteiger partial charge < -0.3 is 10.6 Å². The first-order chi connectivity index (χ1) is 7.76. The van der Waals surface area contributed by atoms with Gasteiger partial charge in [0.2, 0.25) is 0 Å². The van der Waals surface area contributed by atoms with Gasteiger partial charge in [-0.3, -0.25) is 0 Å². The van der Waals surface area contributed by atoms with Crippen LogP contribution in [0, 0.1) is 0 Å². The zero-order valence-electron chi connectivity index (χ0n) is 8.64. The third kappa shape index (κ3) is 1.79. The quantitative estimate of drug-likeness (QED) is 0.492. The molecule has 0 saturated heterocycles. The summed E-state index contributed by atoms with van der Waals surface area (Å²) in [6.45, 7) is 0. The molecule has 0 aliphatic carbocycles. The summed E-state index contributed by atoms with van der Waals surface area (Å²) in [6.07, 6.45) is 0. The van der Waals surface area contributed by atoms with Crippen LogP contribution in [0.2, 0.25) is 5.02 Å². The lowest BCUT2D eigenvalue weighted by atomic mass is 10.1. The monoisotopic (exact) mass is 235 g/mol. The van der Waals surface area contributed by atoms with E-state index in [-0.39, 0.29) is 0 Å². The number of benzene rings is 2. The Hall–Kier alpha value is -1.81. The van der Waals surface area contributed by atoms with E-state index in [1.807, 2.05) is 24.3 Å². The smallest absolute Gasteiger partial charge is 0.119 e. The molecule has 5 heteroatoms. The van der Waals surface area contributed by atoms with Crippen molar-refractivity contribution >= 4 is 28.1 Å². The third-order valence-corrected chi connectivity index (χ3v) is 2.61. The van der Waals surface area contributed by atoms with Crippen molar-refractivity contribution in [2.75, 3.05) is 7.11 Å². The molecule has 82 valence electrons. The van der Waals surface area contributed by atoms with Crippen LogP contribution >= 0.6 is 11.6 Å². The molecule has 0 unspecified atom stereocenters. The van der Waals surface area contributed by atoms with Gasteiger partial charge in [-0.1, -0.05) is 29.0 Å². The summed E-state index contributed by atoms with van der Waals surface area (Å²) in [5.74, 6) is 5.80. The van der Waals surface area contributed by atoms with Crippen molar-refractivity contribution in [3.63, 3.8) is 0 Å². The molecule has 0 atom stereocenters. The van der Waals surface area contributed by atoms with Crippen LogP contribution in [-0.4, -0.2) is 7.11 Å². The van der Waals surface area contributed by atoms with Crippen LogP contribution < -0.4 is 10.6 Å². The van der Waals surface area contributed by atoms with Crippen LogP contribution in [0.25, 0.3) is 10.8 Å².